The predicted octanol–water partition coefficient (Wildman–Crippen LogP) is 14.3. The topological polar surface area (TPSA) is 52.6 Å². The summed E-state index contributed by atoms with van der Waals surface area (Å²) in [5.41, 5.74) is 0.922. The van der Waals surface area contributed by atoms with E-state index in [1.54, 1.807) is 13.8 Å². The molecule has 0 radical (unpaired) electrons. The van der Waals surface area contributed by atoms with E-state index in [9.17, 15) is 9.59 Å². The first-order valence-corrected chi connectivity index (χ1v) is 22.7. The van der Waals surface area contributed by atoms with Crippen LogP contribution in [0.2, 0.25) is 0 Å². The van der Waals surface area contributed by atoms with Gasteiger partial charge >= 0.3 is 11.9 Å². The van der Waals surface area contributed by atoms with Crippen LogP contribution >= 0.6 is 68.0 Å². The summed E-state index contributed by atoms with van der Waals surface area (Å²) in [5.74, 6) is -0.579. The summed E-state index contributed by atoms with van der Waals surface area (Å²) in [6, 6.07) is 23.0. The first kappa shape index (κ1) is 38.6. The van der Waals surface area contributed by atoms with Crippen LogP contribution in [0, 0.1) is 0 Å². The minimum absolute atomic E-state index is 0.290. The molecule has 4 nitrogen and oxygen atoms in total. The van der Waals surface area contributed by atoms with Crippen LogP contribution in [0.25, 0.3) is 48.4 Å². The van der Waals surface area contributed by atoms with Crippen molar-refractivity contribution in [2.45, 2.75) is 78.1 Å². The van der Waals surface area contributed by atoms with Gasteiger partial charge in [0.1, 0.15) is 0 Å². The zero-order valence-electron chi connectivity index (χ0n) is 29.8. The van der Waals surface area contributed by atoms with Gasteiger partial charge in [-0.3, -0.25) is 0 Å². The van der Waals surface area contributed by atoms with Gasteiger partial charge in [0, 0.05) is 69.3 Å². The SMILES string of the molecule is C=C(C)C(=O)OCCCCCCc1ccc(-c2ccc(-c3cc4sc(-c5ccc(-c6ccc(CCCCCCOC(=O)C(=C)C)s6)s5)cc4s3)s2)s1. The number of fused-ring (bicyclic) bond motifs is 1. The predicted molar refractivity (Wildman–Crippen MR) is 229 cm³/mol. The third-order valence-electron chi connectivity index (χ3n) is 8.51. The second-order valence-corrected chi connectivity index (χ2v) is 19.6. The van der Waals surface area contributed by atoms with Crippen molar-refractivity contribution in [1.29, 1.82) is 0 Å². The summed E-state index contributed by atoms with van der Waals surface area (Å²) in [4.78, 5) is 36.6. The van der Waals surface area contributed by atoms with Crippen LogP contribution < -0.4 is 0 Å². The van der Waals surface area contributed by atoms with Crippen molar-refractivity contribution in [2.75, 3.05) is 13.2 Å². The van der Waals surface area contributed by atoms with Gasteiger partial charge in [0.15, 0.2) is 0 Å². The molecule has 272 valence electrons. The number of thiophene rings is 6. The lowest BCUT2D eigenvalue weighted by atomic mass is 10.1. The van der Waals surface area contributed by atoms with Crippen LogP contribution in [0.15, 0.2) is 85.0 Å². The van der Waals surface area contributed by atoms with E-state index in [1.807, 2.05) is 68.0 Å². The van der Waals surface area contributed by atoms with Gasteiger partial charge in [-0.1, -0.05) is 38.8 Å². The highest BCUT2D eigenvalue weighted by molar-refractivity contribution is 7.34. The molecule has 0 spiro atoms. The second-order valence-electron chi connectivity index (χ2n) is 13.0. The lowest BCUT2D eigenvalue weighted by Gasteiger charge is -2.04. The number of hydrogen-bond acceptors (Lipinski definition) is 10. The van der Waals surface area contributed by atoms with E-state index in [1.165, 1.54) is 58.2 Å². The number of esters is 2. The van der Waals surface area contributed by atoms with Crippen molar-refractivity contribution in [1.82, 2.24) is 0 Å². The number of aryl methyl sites for hydroxylation is 2. The lowest BCUT2D eigenvalue weighted by molar-refractivity contribution is -0.139. The molecule has 6 aromatic heterocycles. The molecule has 0 saturated carbocycles. The Balaban J connectivity index is 0.959. The highest BCUT2D eigenvalue weighted by Crippen LogP contribution is 2.47. The summed E-state index contributed by atoms with van der Waals surface area (Å²) >= 11 is 11.4. The normalized spacial score (nSPS) is 11.3. The first-order valence-electron chi connectivity index (χ1n) is 17.8. The number of ether oxygens (including phenoxy) is 2. The third kappa shape index (κ3) is 10.5. The average molecular weight is 805 g/mol. The van der Waals surface area contributed by atoms with Crippen molar-refractivity contribution < 1.29 is 19.1 Å². The summed E-state index contributed by atoms with van der Waals surface area (Å²) < 4.78 is 13.1. The van der Waals surface area contributed by atoms with Gasteiger partial charge in [0.2, 0.25) is 0 Å². The number of unbranched alkanes of at least 4 members (excludes halogenated alkanes) is 6. The number of hydrogen-bond donors (Lipinski definition) is 0. The van der Waals surface area contributed by atoms with Crippen LogP contribution in [0.5, 0.6) is 0 Å². The highest BCUT2D eigenvalue weighted by atomic mass is 32.1. The fourth-order valence-electron chi connectivity index (χ4n) is 5.66. The molecule has 6 heterocycles. The molecule has 0 saturated heterocycles. The molecular weight excluding hydrogens is 761 g/mol. The molecule has 6 rings (SSSR count). The van der Waals surface area contributed by atoms with Crippen molar-refractivity contribution in [2.24, 2.45) is 0 Å². The molecule has 52 heavy (non-hydrogen) atoms. The van der Waals surface area contributed by atoms with Gasteiger partial charge in [-0.05, 0) is 113 Å². The molecule has 0 fully saturated rings. The maximum Gasteiger partial charge on any atom is 0.333 e. The molecule has 0 aromatic carbocycles. The van der Waals surface area contributed by atoms with E-state index in [0.29, 0.717) is 24.4 Å². The molecule has 0 unspecified atom stereocenters. The minimum Gasteiger partial charge on any atom is -0.462 e. The van der Waals surface area contributed by atoms with Crippen LogP contribution in [0.1, 0.15) is 75.0 Å². The Kier molecular flexibility index (Phi) is 13.9. The zero-order valence-corrected chi connectivity index (χ0v) is 34.7. The molecular formula is C42H44O4S6. The highest BCUT2D eigenvalue weighted by Gasteiger charge is 2.15. The number of carbonyl (C=O) groups is 2. The lowest BCUT2D eigenvalue weighted by Crippen LogP contribution is -2.06. The smallest absolute Gasteiger partial charge is 0.333 e. The van der Waals surface area contributed by atoms with E-state index >= 15 is 0 Å². The average Bonchev–Trinajstić information content (AvgIpc) is 3.96. The van der Waals surface area contributed by atoms with Crippen molar-refractivity contribution in [3.63, 3.8) is 0 Å². The minimum atomic E-state index is -0.290. The largest absolute Gasteiger partial charge is 0.462 e. The summed E-state index contributed by atoms with van der Waals surface area (Å²) in [5, 5.41) is 0. The molecule has 10 heteroatoms. The second kappa shape index (κ2) is 18.8. The van der Waals surface area contributed by atoms with Crippen LogP contribution in [-0.4, -0.2) is 25.2 Å². The molecule has 0 atom stereocenters. The van der Waals surface area contributed by atoms with E-state index in [0.717, 1.165) is 64.2 Å². The summed E-state index contributed by atoms with van der Waals surface area (Å²) in [6.45, 7) is 11.6. The van der Waals surface area contributed by atoms with Crippen LogP contribution in [0.4, 0.5) is 0 Å². The Hall–Kier alpha value is -3.12. The first-order chi connectivity index (χ1) is 25.2. The third-order valence-corrected chi connectivity index (χ3v) is 16.0. The quantitative estimate of drug-likeness (QED) is 0.0438. The Labute approximate surface area is 331 Å². The Bertz CT molecular complexity index is 1950. The van der Waals surface area contributed by atoms with Crippen LogP contribution in [-0.2, 0) is 31.9 Å². The maximum atomic E-state index is 11.5. The Morgan fingerprint density at radius 2 is 0.808 bits per heavy atom. The molecule has 0 aliphatic carbocycles. The van der Waals surface area contributed by atoms with Gasteiger partial charge in [-0.25, -0.2) is 9.59 Å². The van der Waals surface area contributed by atoms with Crippen molar-refractivity contribution in [3.8, 4) is 39.0 Å². The summed E-state index contributed by atoms with van der Waals surface area (Å²) in [7, 11) is 0. The van der Waals surface area contributed by atoms with E-state index < -0.39 is 0 Å². The number of rotatable bonds is 20. The van der Waals surface area contributed by atoms with Gasteiger partial charge in [0.25, 0.3) is 0 Å². The van der Waals surface area contributed by atoms with E-state index in [-0.39, 0.29) is 11.9 Å². The molecule has 0 amide bonds. The molecule has 0 N–H and O–H groups in total. The Morgan fingerprint density at radius 1 is 0.462 bits per heavy atom. The van der Waals surface area contributed by atoms with Crippen molar-refractivity contribution in [3.05, 3.63) is 94.7 Å². The maximum absolute atomic E-state index is 11.5. The van der Waals surface area contributed by atoms with Gasteiger partial charge in [-0.2, -0.15) is 0 Å². The molecule has 6 aromatic rings. The van der Waals surface area contributed by atoms with Crippen molar-refractivity contribution >= 4 is 89.4 Å². The van der Waals surface area contributed by atoms with Gasteiger partial charge in [-0.15, -0.1) is 68.0 Å². The monoisotopic (exact) mass is 804 g/mol. The van der Waals surface area contributed by atoms with E-state index in [2.05, 4.69) is 73.8 Å². The van der Waals surface area contributed by atoms with Crippen LogP contribution in [0.3, 0.4) is 0 Å². The summed E-state index contributed by atoms with van der Waals surface area (Å²) in [6.07, 6.45) is 10.7. The molecule has 0 aliphatic heterocycles. The number of carbonyl (C=O) groups excluding carboxylic acids is 2. The zero-order chi connectivity index (χ0) is 36.5. The van der Waals surface area contributed by atoms with Gasteiger partial charge in [0.05, 0.1) is 13.2 Å². The Morgan fingerprint density at radius 3 is 1.21 bits per heavy atom. The van der Waals surface area contributed by atoms with E-state index in [4.69, 9.17) is 9.47 Å². The van der Waals surface area contributed by atoms with Gasteiger partial charge < -0.3 is 9.47 Å². The molecule has 0 aliphatic rings. The standard InChI is InChI=1S/C42H44O4S6/c1-27(2)41(43)45-23-11-7-5-9-13-29-15-17-31(47-29)33-19-21-35(49-33)37-25-39-40(51-37)26-38(52-39)36-22-20-34(50-36)32-18-16-30(48-32)14-10-6-8-12-24-46-42(44)28(3)4/h15-22,25-26H,1,3,5-14,23-24H2,2,4H3. The fraction of sp³-hybridized carbons (Fsp3) is 0.333. The molecule has 0 bridgehead atoms. The fourth-order valence-corrected chi connectivity index (χ4v) is 12.5.